The second kappa shape index (κ2) is 5.05. The van der Waals surface area contributed by atoms with Crippen molar-refractivity contribution in [2.45, 2.75) is 19.4 Å². The number of aromatic nitrogens is 1. The molecule has 0 bridgehead atoms. The van der Waals surface area contributed by atoms with Gasteiger partial charge in [0, 0.05) is 35.0 Å². The van der Waals surface area contributed by atoms with Crippen molar-refractivity contribution in [3.63, 3.8) is 0 Å². The first kappa shape index (κ1) is 13.6. The van der Waals surface area contributed by atoms with Gasteiger partial charge in [-0.3, -0.25) is 4.98 Å². The van der Waals surface area contributed by atoms with Gasteiger partial charge in [-0.1, -0.05) is 0 Å². The summed E-state index contributed by atoms with van der Waals surface area (Å²) in [5, 5.41) is 4.61. The van der Waals surface area contributed by atoms with Crippen molar-refractivity contribution < 1.29 is 0 Å². The highest BCUT2D eigenvalue weighted by Crippen LogP contribution is 2.24. The monoisotopic (exact) mass is 258 g/mol. The van der Waals surface area contributed by atoms with E-state index in [2.05, 4.69) is 43.1 Å². The highest BCUT2D eigenvalue weighted by molar-refractivity contribution is 5.92. The maximum atomic E-state index is 5.79. The predicted octanol–water partition coefficient (Wildman–Crippen LogP) is 2.57. The summed E-state index contributed by atoms with van der Waals surface area (Å²) in [4.78, 5) is 6.56. The third-order valence-electron chi connectivity index (χ3n) is 3.69. The van der Waals surface area contributed by atoms with Crippen molar-refractivity contribution >= 4 is 22.3 Å². The molecular weight excluding hydrogens is 236 g/mol. The van der Waals surface area contributed by atoms with E-state index < -0.39 is 0 Å². The number of hydrogen-bond acceptors (Lipinski definition) is 4. The maximum Gasteiger partial charge on any atom is 0.0743 e. The third-order valence-corrected chi connectivity index (χ3v) is 3.69. The lowest BCUT2D eigenvalue weighted by Gasteiger charge is -2.33. The standard InChI is InChI=1S/C15H22N4/c1-15(2,19(3)4)10-18-13-7-8-17-14-9-11(16)5-6-12(13)14/h5-9H,10,16H2,1-4H3,(H,17,18). The van der Waals surface area contributed by atoms with Gasteiger partial charge in [-0.15, -0.1) is 0 Å². The Hall–Kier alpha value is -1.81. The summed E-state index contributed by atoms with van der Waals surface area (Å²) in [5.41, 5.74) is 8.64. The summed E-state index contributed by atoms with van der Waals surface area (Å²) >= 11 is 0. The molecule has 19 heavy (non-hydrogen) atoms. The summed E-state index contributed by atoms with van der Waals surface area (Å²) in [7, 11) is 4.18. The van der Waals surface area contributed by atoms with E-state index in [0.717, 1.165) is 28.8 Å². The van der Waals surface area contributed by atoms with E-state index in [1.54, 1.807) is 0 Å². The molecule has 0 saturated heterocycles. The van der Waals surface area contributed by atoms with Gasteiger partial charge in [-0.05, 0) is 52.2 Å². The number of fused-ring (bicyclic) bond motifs is 1. The van der Waals surface area contributed by atoms with Crippen molar-refractivity contribution in [3.8, 4) is 0 Å². The Balaban J connectivity index is 2.26. The molecule has 0 saturated carbocycles. The molecule has 0 aliphatic rings. The number of nitrogen functional groups attached to an aromatic ring is 1. The molecule has 2 aromatic rings. The fraction of sp³-hybridized carbons (Fsp3) is 0.400. The molecule has 0 aliphatic heterocycles. The molecule has 102 valence electrons. The van der Waals surface area contributed by atoms with Crippen LogP contribution in [0.1, 0.15) is 13.8 Å². The normalized spacial score (nSPS) is 12.1. The smallest absolute Gasteiger partial charge is 0.0743 e. The summed E-state index contributed by atoms with van der Waals surface area (Å²) in [6.45, 7) is 5.28. The van der Waals surface area contributed by atoms with E-state index >= 15 is 0 Å². The lowest BCUT2D eigenvalue weighted by atomic mass is 10.0. The first-order valence-corrected chi connectivity index (χ1v) is 6.46. The number of nitrogens with two attached hydrogens (primary N) is 1. The Morgan fingerprint density at radius 2 is 2.00 bits per heavy atom. The number of likely N-dealkylation sites (N-methyl/N-ethyl adjacent to an activating group) is 1. The van der Waals surface area contributed by atoms with Gasteiger partial charge in [0.25, 0.3) is 0 Å². The van der Waals surface area contributed by atoms with Crippen LogP contribution in [0.5, 0.6) is 0 Å². The second-order valence-corrected chi connectivity index (χ2v) is 5.70. The Morgan fingerprint density at radius 3 is 2.68 bits per heavy atom. The molecule has 2 rings (SSSR count). The number of nitrogens with zero attached hydrogens (tertiary/aromatic N) is 2. The molecule has 0 spiro atoms. The molecule has 4 nitrogen and oxygen atoms in total. The van der Waals surface area contributed by atoms with Gasteiger partial charge in [0.15, 0.2) is 0 Å². The van der Waals surface area contributed by atoms with Gasteiger partial charge in [0.2, 0.25) is 0 Å². The summed E-state index contributed by atoms with van der Waals surface area (Å²) in [5.74, 6) is 0. The Morgan fingerprint density at radius 1 is 1.26 bits per heavy atom. The average molecular weight is 258 g/mol. The zero-order valence-corrected chi connectivity index (χ0v) is 12.1. The van der Waals surface area contributed by atoms with Crippen molar-refractivity contribution in [2.24, 2.45) is 0 Å². The van der Waals surface area contributed by atoms with Gasteiger partial charge in [-0.2, -0.15) is 0 Å². The van der Waals surface area contributed by atoms with Crippen LogP contribution in [0.3, 0.4) is 0 Å². The highest BCUT2D eigenvalue weighted by atomic mass is 15.2. The molecule has 1 aromatic heterocycles. The number of pyridine rings is 1. The maximum absolute atomic E-state index is 5.79. The van der Waals surface area contributed by atoms with E-state index in [1.165, 1.54) is 0 Å². The summed E-state index contributed by atoms with van der Waals surface area (Å²) in [6.07, 6.45) is 1.81. The minimum Gasteiger partial charge on any atom is -0.399 e. The lowest BCUT2D eigenvalue weighted by Crippen LogP contribution is -2.44. The van der Waals surface area contributed by atoms with E-state index in [-0.39, 0.29) is 5.54 Å². The number of anilines is 2. The molecule has 0 aliphatic carbocycles. The fourth-order valence-corrected chi connectivity index (χ4v) is 1.79. The van der Waals surface area contributed by atoms with Gasteiger partial charge in [0.1, 0.15) is 0 Å². The molecule has 0 radical (unpaired) electrons. The topological polar surface area (TPSA) is 54.2 Å². The Kier molecular flexibility index (Phi) is 3.62. The van der Waals surface area contributed by atoms with Crippen LogP contribution in [0.4, 0.5) is 11.4 Å². The van der Waals surface area contributed by atoms with Crippen LogP contribution in [-0.4, -0.2) is 36.1 Å². The van der Waals surface area contributed by atoms with Crippen LogP contribution < -0.4 is 11.1 Å². The SMILES string of the molecule is CN(C)C(C)(C)CNc1ccnc2cc(N)ccc12. The quantitative estimate of drug-likeness (QED) is 0.828. The van der Waals surface area contributed by atoms with Crippen molar-refractivity contribution in [1.82, 2.24) is 9.88 Å². The molecule has 0 atom stereocenters. The van der Waals surface area contributed by atoms with Crippen LogP contribution in [0.15, 0.2) is 30.5 Å². The molecule has 0 unspecified atom stereocenters. The van der Waals surface area contributed by atoms with E-state index in [1.807, 2.05) is 30.5 Å². The van der Waals surface area contributed by atoms with Crippen molar-refractivity contribution in [1.29, 1.82) is 0 Å². The Labute approximate surface area is 114 Å². The van der Waals surface area contributed by atoms with Crippen LogP contribution >= 0.6 is 0 Å². The molecule has 1 heterocycles. The fourth-order valence-electron chi connectivity index (χ4n) is 1.79. The number of nitrogens with one attached hydrogen (secondary N) is 1. The van der Waals surface area contributed by atoms with Crippen LogP contribution in [0.25, 0.3) is 10.9 Å². The van der Waals surface area contributed by atoms with E-state index in [9.17, 15) is 0 Å². The second-order valence-electron chi connectivity index (χ2n) is 5.70. The van der Waals surface area contributed by atoms with Gasteiger partial charge < -0.3 is 16.0 Å². The predicted molar refractivity (Wildman–Crippen MR) is 82.4 cm³/mol. The van der Waals surface area contributed by atoms with Crippen molar-refractivity contribution in [2.75, 3.05) is 31.7 Å². The van der Waals surface area contributed by atoms with Crippen LogP contribution in [0.2, 0.25) is 0 Å². The zero-order valence-electron chi connectivity index (χ0n) is 12.1. The number of benzene rings is 1. The van der Waals surface area contributed by atoms with Gasteiger partial charge >= 0.3 is 0 Å². The van der Waals surface area contributed by atoms with Crippen LogP contribution in [0, 0.1) is 0 Å². The average Bonchev–Trinajstić information content (AvgIpc) is 2.35. The number of hydrogen-bond donors (Lipinski definition) is 2. The van der Waals surface area contributed by atoms with E-state index in [4.69, 9.17) is 5.73 Å². The minimum atomic E-state index is 0.0867. The van der Waals surface area contributed by atoms with Gasteiger partial charge in [-0.25, -0.2) is 0 Å². The first-order chi connectivity index (χ1) is 8.90. The molecule has 0 fully saturated rings. The first-order valence-electron chi connectivity index (χ1n) is 6.46. The number of rotatable bonds is 4. The molecule has 4 heteroatoms. The molecule has 1 aromatic carbocycles. The molecule has 0 amide bonds. The Bertz CT molecular complexity index is 575. The summed E-state index contributed by atoms with van der Waals surface area (Å²) < 4.78 is 0. The van der Waals surface area contributed by atoms with Crippen LogP contribution in [-0.2, 0) is 0 Å². The zero-order chi connectivity index (χ0) is 14.0. The molecular formula is C15H22N4. The summed E-state index contributed by atoms with van der Waals surface area (Å²) in [6, 6.07) is 7.83. The van der Waals surface area contributed by atoms with Gasteiger partial charge in [0.05, 0.1) is 5.52 Å². The minimum absolute atomic E-state index is 0.0867. The highest BCUT2D eigenvalue weighted by Gasteiger charge is 2.20. The van der Waals surface area contributed by atoms with E-state index in [0.29, 0.717) is 0 Å². The largest absolute Gasteiger partial charge is 0.399 e. The lowest BCUT2D eigenvalue weighted by molar-refractivity contribution is 0.210. The molecule has 3 N–H and O–H groups in total. The third kappa shape index (κ3) is 2.96. The van der Waals surface area contributed by atoms with Crippen molar-refractivity contribution in [3.05, 3.63) is 30.5 Å².